The van der Waals surface area contributed by atoms with Crippen LogP contribution in [0, 0.1) is 6.92 Å². The number of nitrogens with zero attached hydrogens (tertiary/aromatic N) is 1. The molecule has 1 N–H and O–H groups in total. The summed E-state index contributed by atoms with van der Waals surface area (Å²) in [4.78, 5) is 24.7. The maximum absolute atomic E-state index is 12.4. The smallest absolute Gasteiger partial charge is 0.343 e. The number of hydrazone groups is 1. The van der Waals surface area contributed by atoms with Gasteiger partial charge in [0.25, 0.3) is 5.91 Å². The van der Waals surface area contributed by atoms with E-state index < -0.39 is 18.0 Å². The van der Waals surface area contributed by atoms with Gasteiger partial charge >= 0.3 is 5.97 Å². The van der Waals surface area contributed by atoms with Crippen LogP contribution in [0.25, 0.3) is 0 Å². The van der Waals surface area contributed by atoms with Crippen LogP contribution in [0.1, 0.15) is 34.0 Å². The third kappa shape index (κ3) is 7.54. The Morgan fingerprint density at radius 3 is 2.16 bits per heavy atom. The Morgan fingerprint density at radius 1 is 0.816 bits per heavy atom. The van der Waals surface area contributed by atoms with Gasteiger partial charge in [-0.2, -0.15) is 5.10 Å². The molecule has 0 fully saturated rings. The van der Waals surface area contributed by atoms with Crippen molar-refractivity contribution in [3.8, 4) is 17.2 Å². The first-order chi connectivity index (χ1) is 18.5. The topological polar surface area (TPSA) is 86.2 Å². The third-order valence-electron chi connectivity index (χ3n) is 5.60. The van der Waals surface area contributed by atoms with E-state index in [9.17, 15) is 9.59 Å². The van der Waals surface area contributed by atoms with E-state index in [2.05, 4.69) is 10.5 Å². The van der Waals surface area contributed by atoms with E-state index in [0.29, 0.717) is 29.4 Å². The van der Waals surface area contributed by atoms with Gasteiger partial charge in [0, 0.05) is 0 Å². The molecule has 38 heavy (non-hydrogen) atoms. The zero-order chi connectivity index (χ0) is 26.7. The average Bonchev–Trinajstić information content (AvgIpc) is 2.94. The fourth-order valence-corrected chi connectivity index (χ4v) is 3.46. The number of hydrogen-bond donors (Lipinski definition) is 1. The van der Waals surface area contributed by atoms with Crippen molar-refractivity contribution >= 4 is 18.1 Å². The Hall–Kier alpha value is -4.91. The van der Waals surface area contributed by atoms with Crippen molar-refractivity contribution < 1.29 is 23.8 Å². The number of amides is 1. The summed E-state index contributed by atoms with van der Waals surface area (Å²) in [6.45, 7) is 3.97. The maximum Gasteiger partial charge on any atom is 0.343 e. The van der Waals surface area contributed by atoms with E-state index in [1.807, 2.05) is 49.4 Å². The molecule has 0 saturated carbocycles. The number of hydrogen-bond acceptors (Lipinski definition) is 6. The number of esters is 1. The molecule has 1 unspecified atom stereocenters. The van der Waals surface area contributed by atoms with Crippen molar-refractivity contribution in [1.29, 1.82) is 0 Å². The number of carbonyl (C=O) groups is 2. The lowest BCUT2D eigenvalue weighted by atomic mass is 10.1. The van der Waals surface area contributed by atoms with E-state index in [1.54, 1.807) is 67.6 Å². The van der Waals surface area contributed by atoms with Crippen LogP contribution in [0.5, 0.6) is 17.2 Å². The van der Waals surface area contributed by atoms with Crippen molar-refractivity contribution in [2.75, 3.05) is 0 Å². The highest BCUT2D eigenvalue weighted by Crippen LogP contribution is 2.20. The van der Waals surface area contributed by atoms with E-state index in [-0.39, 0.29) is 0 Å². The quantitative estimate of drug-likeness (QED) is 0.128. The van der Waals surface area contributed by atoms with Gasteiger partial charge in [0.1, 0.15) is 23.9 Å². The molecule has 4 aromatic carbocycles. The normalized spacial score (nSPS) is 11.5. The van der Waals surface area contributed by atoms with Gasteiger partial charge in [-0.15, -0.1) is 0 Å². The fourth-order valence-electron chi connectivity index (χ4n) is 3.46. The van der Waals surface area contributed by atoms with Crippen molar-refractivity contribution in [3.63, 3.8) is 0 Å². The monoisotopic (exact) mass is 508 g/mol. The fraction of sp³-hybridized carbons (Fsp3) is 0.129. The summed E-state index contributed by atoms with van der Waals surface area (Å²) in [7, 11) is 0. The van der Waals surface area contributed by atoms with Crippen molar-refractivity contribution in [2.45, 2.75) is 26.6 Å². The van der Waals surface area contributed by atoms with Crippen LogP contribution in [0.15, 0.2) is 108 Å². The van der Waals surface area contributed by atoms with Crippen LogP contribution in [0.4, 0.5) is 0 Å². The van der Waals surface area contributed by atoms with Crippen LogP contribution >= 0.6 is 0 Å². The molecule has 7 heteroatoms. The van der Waals surface area contributed by atoms with Crippen LogP contribution in [-0.4, -0.2) is 24.2 Å². The van der Waals surface area contributed by atoms with Crippen LogP contribution in [0.3, 0.4) is 0 Å². The summed E-state index contributed by atoms with van der Waals surface area (Å²) in [5, 5.41) is 3.99. The van der Waals surface area contributed by atoms with E-state index in [1.165, 1.54) is 6.21 Å². The molecule has 0 radical (unpaired) electrons. The molecule has 0 saturated heterocycles. The molecule has 4 aromatic rings. The minimum Gasteiger partial charge on any atom is -0.489 e. The molecule has 0 bridgehead atoms. The molecule has 0 aromatic heterocycles. The molecule has 0 spiro atoms. The summed E-state index contributed by atoms with van der Waals surface area (Å²) in [5.41, 5.74) is 5.64. The van der Waals surface area contributed by atoms with E-state index in [4.69, 9.17) is 14.2 Å². The SMILES string of the molecule is Cc1ccccc1C(=O)Oc1ccc(C=NNC(=O)C(C)Oc2ccc(OCc3ccccc3)cc2)cc1. The van der Waals surface area contributed by atoms with Crippen molar-refractivity contribution in [2.24, 2.45) is 5.10 Å². The Kier molecular flexibility index (Phi) is 8.86. The molecule has 7 nitrogen and oxygen atoms in total. The van der Waals surface area contributed by atoms with Crippen molar-refractivity contribution in [1.82, 2.24) is 5.43 Å². The zero-order valence-corrected chi connectivity index (χ0v) is 21.2. The summed E-state index contributed by atoms with van der Waals surface area (Å²) >= 11 is 0. The van der Waals surface area contributed by atoms with E-state index in [0.717, 1.165) is 16.7 Å². The van der Waals surface area contributed by atoms with Gasteiger partial charge in [0.15, 0.2) is 6.10 Å². The molecule has 0 aliphatic carbocycles. The van der Waals surface area contributed by atoms with E-state index >= 15 is 0 Å². The molecule has 192 valence electrons. The lowest BCUT2D eigenvalue weighted by molar-refractivity contribution is -0.127. The molecule has 1 atom stereocenters. The second kappa shape index (κ2) is 12.9. The Balaban J connectivity index is 1.22. The van der Waals surface area contributed by atoms with Crippen LogP contribution in [0.2, 0.25) is 0 Å². The minimum absolute atomic E-state index is 0.394. The molecule has 0 aliphatic rings. The number of rotatable bonds is 10. The van der Waals surface area contributed by atoms with Gasteiger partial charge in [0.05, 0.1) is 11.8 Å². The zero-order valence-electron chi connectivity index (χ0n) is 21.2. The van der Waals surface area contributed by atoms with Gasteiger partial charge in [0.2, 0.25) is 0 Å². The molecular formula is C31H28N2O5. The van der Waals surface area contributed by atoms with Gasteiger partial charge in [-0.3, -0.25) is 4.79 Å². The van der Waals surface area contributed by atoms with Gasteiger partial charge in [-0.1, -0.05) is 48.5 Å². The van der Waals surface area contributed by atoms with Crippen LogP contribution < -0.4 is 19.6 Å². The average molecular weight is 509 g/mol. The van der Waals surface area contributed by atoms with Gasteiger partial charge in [-0.25, -0.2) is 10.2 Å². The summed E-state index contributed by atoms with van der Waals surface area (Å²) in [6.07, 6.45) is 0.739. The summed E-state index contributed by atoms with van der Waals surface area (Å²) in [6, 6.07) is 31.0. The number of nitrogens with one attached hydrogen (secondary N) is 1. The molecule has 0 aliphatic heterocycles. The standard InChI is InChI=1S/C31H28N2O5/c1-22-8-6-7-11-29(22)31(35)38-28-14-12-24(13-15-28)20-32-33-30(34)23(2)37-27-18-16-26(17-19-27)36-21-25-9-4-3-5-10-25/h3-20,23H,21H2,1-2H3,(H,33,34). The van der Waals surface area contributed by atoms with Gasteiger partial charge in [-0.05, 0) is 85.1 Å². The number of aryl methyl sites for hydroxylation is 1. The number of carbonyl (C=O) groups excluding carboxylic acids is 2. The molecule has 0 heterocycles. The number of ether oxygens (including phenoxy) is 3. The summed E-state index contributed by atoms with van der Waals surface area (Å²) < 4.78 is 16.9. The first-order valence-corrected chi connectivity index (χ1v) is 12.1. The first kappa shape index (κ1) is 26.2. The highest BCUT2D eigenvalue weighted by Gasteiger charge is 2.14. The Morgan fingerprint density at radius 2 is 1.45 bits per heavy atom. The predicted molar refractivity (Wildman–Crippen MR) is 146 cm³/mol. The minimum atomic E-state index is -0.758. The second-order valence-electron chi connectivity index (χ2n) is 8.51. The largest absolute Gasteiger partial charge is 0.489 e. The first-order valence-electron chi connectivity index (χ1n) is 12.1. The highest BCUT2D eigenvalue weighted by molar-refractivity contribution is 5.92. The molecular weight excluding hydrogens is 480 g/mol. The lowest BCUT2D eigenvalue weighted by Gasteiger charge is -2.13. The summed E-state index contributed by atoms with van der Waals surface area (Å²) in [5.74, 6) is 0.853. The Bertz CT molecular complexity index is 1380. The molecule has 4 rings (SSSR count). The Labute approximate surface area is 221 Å². The highest BCUT2D eigenvalue weighted by atomic mass is 16.5. The number of benzene rings is 4. The van der Waals surface area contributed by atoms with Crippen molar-refractivity contribution in [3.05, 3.63) is 125 Å². The van der Waals surface area contributed by atoms with Crippen LogP contribution in [-0.2, 0) is 11.4 Å². The lowest BCUT2D eigenvalue weighted by Crippen LogP contribution is -2.33. The predicted octanol–water partition coefficient (Wildman–Crippen LogP) is 5.71. The molecule has 1 amide bonds. The van der Waals surface area contributed by atoms with Gasteiger partial charge < -0.3 is 14.2 Å². The maximum atomic E-state index is 12.4. The third-order valence-corrected chi connectivity index (χ3v) is 5.60. The second-order valence-corrected chi connectivity index (χ2v) is 8.51.